The molecule has 12 nitrogen and oxygen atoms in total. The number of aromatic nitrogens is 4. The van der Waals surface area contributed by atoms with E-state index in [1.165, 1.54) is 28.7 Å². The highest BCUT2D eigenvalue weighted by molar-refractivity contribution is 5.94. The lowest BCUT2D eigenvalue weighted by Crippen LogP contribution is -2.47. The normalized spacial score (nSPS) is 13.4. The summed E-state index contributed by atoms with van der Waals surface area (Å²) >= 11 is 0. The summed E-state index contributed by atoms with van der Waals surface area (Å²) in [5.74, 6) is -1.66. The quantitative estimate of drug-likeness (QED) is 0.131. The van der Waals surface area contributed by atoms with E-state index < -0.39 is 48.8 Å². The van der Waals surface area contributed by atoms with E-state index in [9.17, 15) is 37.1 Å². The third-order valence-electron chi connectivity index (χ3n) is 6.41. The molecule has 1 unspecified atom stereocenters. The van der Waals surface area contributed by atoms with E-state index in [1.807, 2.05) is 0 Å². The van der Waals surface area contributed by atoms with Crippen LogP contribution in [0.1, 0.15) is 36.5 Å². The van der Waals surface area contributed by atoms with Crippen LogP contribution in [-0.4, -0.2) is 81.2 Å². The van der Waals surface area contributed by atoms with Crippen molar-refractivity contribution in [1.29, 1.82) is 0 Å². The maximum atomic E-state index is 14.4. The number of hydrogen-bond acceptors (Lipinski definition) is 8. The van der Waals surface area contributed by atoms with Gasteiger partial charge in [-0.15, -0.1) is 0 Å². The van der Waals surface area contributed by atoms with Gasteiger partial charge in [0.25, 0.3) is 5.56 Å². The van der Waals surface area contributed by atoms with Gasteiger partial charge in [-0.25, -0.2) is 9.37 Å². The summed E-state index contributed by atoms with van der Waals surface area (Å²) in [6, 6.07) is 1.92. The molecule has 0 saturated heterocycles. The van der Waals surface area contributed by atoms with Gasteiger partial charge in [0.1, 0.15) is 17.0 Å². The van der Waals surface area contributed by atoms with Crippen molar-refractivity contribution in [3.05, 3.63) is 63.9 Å². The van der Waals surface area contributed by atoms with Crippen LogP contribution in [0.15, 0.2) is 35.3 Å². The SMILES string of the molecule is COC(O)N[C@@H](CC/C=C/C(=O)N(C)C)C(=O)Nc1ccc(C)n(Cc2nc3c(F)cnc(CCC(F)(F)F)c3[nH]2)c1=O. The molecule has 0 aliphatic heterocycles. The van der Waals surface area contributed by atoms with Gasteiger partial charge in [-0.1, -0.05) is 6.08 Å². The number of nitrogens with one attached hydrogen (secondary N) is 3. The predicted molar refractivity (Wildman–Crippen MR) is 148 cm³/mol. The lowest BCUT2D eigenvalue weighted by atomic mass is 10.1. The second-order valence-electron chi connectivity index (χ2n) is 9.86. The number of aromatic amines is 1. The van der Waals surface area contributed by atoms with Crippen LogP contribution in [0.3, 0.4) is 0 Å². The van der Waals surface area contributed by atoms with Crippen molar-refractivity contribution in [3.63, 3.8) is 0 Å². The number of aryl methyl sites for hydroxylation is 2. The van der Waals surface area contributed by atoms with Gasteiger partial charge in [0.2, 0.25) is 18.2 Å². The molecule has 16 heteroatoms. The number of aliphatic hydroxyl groups excluding tert-OH is 1. The number of ether oxygens (including phenoxy) is 1. The Hall–Kier alpha value is -4.15. The van der Waals surface area contributed by atoms with Crippen LogP contribution in [0.4, 0.5) is 23.2 Å². The van der Waals surface area contributed by atoms with Crippen LogP contribution in [0.25, 0.3) is 11.0 Å². The summed E-state index contributed by atoms with van der Waals surface area (Å²) in [5, 5.41) is 15.0. The van der Waals surface area contributed by atoms with Crippen molar-refractivity contribution >= 4 is 28.5 Å². The first-order chi connectivity index (χ1) is 20.2. The number of aliphatic hydroxyl groups is 1. The zero-order valence-corrected chi connectivity index (χ0v) is 24.0. The van der Waals surface area contributed by atoms with E-state index in [0.29, 0.717) is 5.69 Å². The molecule has 0 spiro atoms. The molecule has 3 aromatic heterocycles. The number of H-pyrrole nitrogens is 1. The zero-order valence-electron chi connectivity index (χ0n) is 24.0. The van der Waals surface area contributed by atoms with Gasteiger partial charge in [0.05, 0.1) is 30.0 Å². The fourth-order valence-corrected chi connectivity index (χ4v) is 4.05. The molecule has 0 aliphatic carbocycles. The molecule has 3 aromatic rings. The molecule has 0 saturated carbocycles. The van der Waals surface area contributed by atoms with Gasteiger partial charge < -0.3 is 29.6 Å². The minimum atomic E-state index is -4.43. The third kappa shape index (κ3) is 9.17. The van der Waals surface area contributed by atoms with Crippen molar-refractivity contribution in [3.8, 4) is 0 Å². The number of carbonyl (C=O) groups is 2. The summed E-state index contributed by atoms with van der Waals surface area (Å²) in [5.41, 5.74) is -0.505. The number of hydrogen-bond donors (Lipinski definition) is 4. The molecule has 0 aromatic carbocycles. The number of fused-ring (bicyclic) bond motifs is 1. The molecule has 0 fully saturated rings. The van der Waals surface area contributed by atoms with Crippen LogP contribution in [0.2, 0.25) is 0 Å². The van der Waals surface area contributed by atoms with E-state index in [0.717, 1.165) is 6.20 Å². The monoisotopic (exact) mass is 611 g/mol. The highest BCUT2D eigenvalue weighted by atomic mass is 19.4. The summed E-state index contributed by atoms with van der Waals surface area (Å²) in [6.07, 6.45) is -3.43. The van der Waals surface area contributed by atoms with Crippen LogP contribution in [-0.2, 0) is 27.3 Å². The molecule has 234 valence electrons. The number of rotatable bonds is 13. The molecular weight excluding hydrogens is 578 g/mol. The first-order valence-electron chi connectivity index (χ1n) is 13.1. The maximum absolute atomic E-state index is 14.4. The Bertz CT molecular complexity index is 1530. The van der Waals surface area contributed by atoms with E-state index in [1.54, 1.807) is 33.2 Å². The van der Waals surface area contributed by atoms with Crippen molar-refractivity contribution < 1.29 is 37.0 Å². The topological polar surface area (TPSA) is 154 Å². The average molecular weight is 612 g/mol. The fourth-order valence-electron chi connectivity index (χ4n) is 4.05. The Kier molecular flexibility index (Phi) is 11.1. The summed E-state index contributed by atoms with van der Waals surface area (Å²) in [6.45, 7) is 1.41. The number of likely N-dealkylation sites (N-methyl/N-ethyl adjacent to an activating group) is 1. The molecule has 0 aliphatic rings. The van der Waals surface area contributed by atoms with Gasteiger partial charge >= 0.3 is 6.18 Å². The number of carbonyl (C=O) groups excluding carboxylic acids is 2. The molecule has 3 rings (SSSR count). The van der Waals surface area contributed by atoms with Gasteiger partial charge in [-0.05, 0) is 38.0 Å². The number of halogens is 4. The third-order valence-corrected chi connectivity index (χ3v) is 6.41. The highest BCUT2D eigenvalue weighted by Crippen LogP contribution is 2.25. The van der Waals surface area contributed by atoms with Gasteiger partial charge in [-0.2, -0.15) is 13.2 Å². The lowest BCUT2D eigenvalue weighted by molar-refractivity contribution is -0.134. The van der Waals surface area contributed by atoms with Gasteiger partial charge in [0.15, 0.2) is 5.82 Å². The first-order valence-corrected chi connectivity index (χ1v) is 13.1. The molecule has 2 atom stereocenters. The van der Waals surface area contributed by atoms with E-state index in [2.05, 4.69) is 25.6 Å². The molecule has 4 N–H and O–H groups in total. The van der Waals surface area contributed by atoms with E-state index in [4.69, 9.17) is 4.74 Å². The van der Waals surface area contributed by atoms with Crippen molar-refractivity contribution in [1.82, 2.24) is 29.7 Å². The van der Waals surface area contributed by atoms with E-state index in [-0.39, 0.29) is 53.5 Å². The second kappa shape index (κ2) is 14.3. The van der Waals surface area contributed by atoms with Crippen molar-refractivity contribution in [2.75, 3.05) is 26.5 Å². The molecule has 43 heavy (non-hydrogen) atoms. The number of anilines is 1. The standard InChI is InChI=1S/C27H33F4N7O5/c1-15-9-10-19(33-24(40)18(34-26(42)43-4)7-5-6-8-21(39)37(2)3)25(41)38(15)14-20-35-22-16(28)13-32-17(23(22)36-20)11-12-27(29,30)31/h6,8-10,13,18,26,34,42H,5,7,11-12,14H2,1-4H3,(H,33,40)(H,35,36)/b8-6+/t18-,26?/m0/s1. The smallest absolute Gasteiger partial charge is 0.356 e. The Balaban J connectivity index is 1.83. The first kappa shape index (κ1) is 33.4. The Morgan fingerprint density at radius 3 is 2.65 bits per heavy atom. The number of pyridine rings is 2. The molecule has 3 heterocycles. The number of nitrogens with zero attached hydrogens (tertiary/aromatic N) is 4. The van der Waals surface area contributed by atoms with Crippen LogP contribution >= 0.6 is 0 Å². The number of alkyl halides is 3. The minimum Gasteiger partial charge on any atom is -0.356 e. The Labute approximate surface area is 243 Å². The van der Waals surface area contributed by atoms with E-state index >= 15 is 0 Å². The Morgan fingerprint density at radius 1 is 1.28 bits per heavy atom. The van der Waals surface area contributed by atoms with Gasteiger partial charge in [-0.3, -0.25) is 24.7 Å². The second-order valence-corrected chi connectivity index (χ2v) is 9.86. The van der Waals surface area contributed by atoms with Gasteiger partial charge in [0, 0.05) is 39.7 Å². The summed E-state index contributed by atoms with van der Waals surface area (Å²) in [4.78, 5) is 50.3. The van der Waals surface area contributed by atoms with Crippen molar-refractivity contribution in [2.45, 2.75) is 57.8 Å². The van der Waals surface area contributed by atoms with Crippen LogP contribution in [0.5, 0.6) is 0 Å². The Morgan fingerprint density at radius 2 is 2.00 bits per heavy atom. The summed E-state index contributed by atoms with van der Waals surface area (Å²) in [7, 11) is 4.40. The maximum Gasteiger partial charge on any atom is 0.389 e. The molecule has 2 amide bonds. The number of amides is 2. The average Bonchev–Trinajstić information content (AvgIpc) is 3.37. The lowest BCUT2D eigenvalue weighted by Gasteiger charge is -2.21. The summed E-state index contributed by atoms with van der Waals surface area (Å²) < 4.78 is 58.7. The largest absolute Gasteiger partial charge is 0.389 e. The highest BCUT2D eigenvalue weighted by Gasteiger charge is 2.28. The number of imidazole rings is 1. The number of allylic oxidation sites excluding steroid dienone is 1. The van der Waals surface area contributed by atoms with Crippen LogP contribution in [0, 0.1) is 12.7 Å². The fraction of sp³-hybridized carbons (Fsp3) is 0.444. The molecule has 0 bridgehead atoms. The predicted octanol–water partition coefficient (Wildman–Crippen LogP) is 2.35. The molecule has 0 radical (unpaired) electrons. The minimum absolute atomic E-state index is 0.00126. The van der Waals surface area contributed by atoms with Crippen molar-refractivity contribution in [2.24, 2.45) is 0 Å². The zero-order chi connectivity index (χ0) is 31.9. The van der Waals surface area contributed by atoms with Crippen LogP contribution < -0.4 is 16.2 Å². The molecular formula is C27H33F4N7O5. The number of methoxy groups -OCH3 is 1.